The van der Waals surface area contributed by atoms with Crippen LogP contribution in [0.25, 0.3) is 10.9 Å². The molecule has 3 nitrogen and oxygen atoms in total. The molecule has 4 rings (SSSR count). The van der Waals surface area contributed by atoms with Crippen LogP contribution in [0.15, 0.2) is 54.7 Å². The smallest absolute Gasteiger partial charge is 0.220 e. The summed E-state index contributed by atoms with van der Waals surface area (Å²) in [5, 5.41) is 4.00. The van der Waals surface area contributed by atoms with Crippen molar-refractivity contribution in [3.05, 3.63) is 71.7 Å². The minimum atomic E-state index is -0.226. The van der Waals surface area contributed by atoms with E-state index in [1.807, 2.05) is 36.5 Å². The van der Waals surface area contributed by atoms with Crippen LogP contribution in [0, 0.1) is 5.82 Å². The molecule has 1 amide bonds. The zero-order valence-corrected chi connectivity index (χ0v) is 14.0. The maximum absolute atomic E-state index is 13.6. The highest BCUT2D eigenvalue weighted by Crippen LogP contribution is 2.50. The van der Waals surface area contributed by atoms with Crippen LogP contribution in [0.5, 0.6) is 0 Å². The maximum Gasteiger partial charge on any atom is 0.220 e. The van der Waals surface area contributed by atoms with Crippen LogP contribution in [-0.2, 0) is 16.6 Å². The number of halogens is 1. The summed E-state index contributed by atoms with van der Waals surface area (Å²) in [6.07, 6.45) is 5.25. The second-order valence-electron chi connectivity index (χ2n) is 6.93. The van der Waals surface area contributed by atoms with E-state index in [-0.39, 0.29) is 17.1 Å². The summed E-state index contributed by atoms with van der Waals surface area (Å²) >= 11 is 0. The van der Waals surface area contributed by atoms with E-state index in [9.17, 15) is 9.18 Å². The molecule has 0 spiro atoms. The van der Waals surface area contributed by atoms with Gasteiger partial charge in [-0.15, -0.1) is 0 Å². The Morgan fingerprint density at radius 1 is 1.16 bits per heavy atom. The SMILES string of the molecule is O=C(CCc1ccccc1)NCC1(c2c[nH]c3ccc(F)cc23)CC1. The Balaban J connectivity index is 1.40. The minimum absolute atomic E-state index is 0.0472. The lowest BCUT2D eigenvalue weighted by Crippen LogP contribution is -2.32. The first kappa shape index (κ1) is 15.9. The monoisotopic (exact) mass is 336 g/mol. The third-order valence-corrected chi connectivity index (χ3v) is 5.18. The number of fused-ring (bicyclic) bond motifs is 1. The van der Waals surface area contributed by atoms with Gasteiger partial charge in [-0.25, -0.2) is 4.39 Å². The highest BCUT2D eigenvalue weighted by molar-refractivity contribution is 5.85. The summed E-state index contributed by atoms with van der Waals surface area (Å²) in [7, 11) is 0. The van der Waals surface area contributed by atoms with Gasteiger partial charge in [-0.05, 0) is 48.6 Å². The average Bonchev–Trinajstić information content (AvgIpc) is 3.31. The number of H-pyrrole nitrogens is 1. The molecule has 1 saturated carbocycles. The number of carbonyl (C=O) groups is 1. The summed E-state index contributed by atoms with van der Waals surface area (Å²) < 4.78 is 13.6. The molecule has 0 bridgehead atoms. The van der Waals surface area contributed by atoms with Crippen molar-refractivity contribution in [2.75, 3.05) is 6.54 Å². The fraction of sp³-hybridized carbons (Fsp3) is 0.286. The van der Waals surface area contributed by atoms with E-state index < -0.39 is 0 Å². The molecule has 3 aromatic rings. The van der Waals surface area contributed by atoms with Crippen LogP contribution in [0.4, 0.5) is 4.39 Å². The molecule has 25 heavy (non-hydrogen) atoms. The molecular weight excluding hydrogens is 315 g/mol. The van der Waals surface area contributed by atoms with Gasteiger partial charge < -0.3 is 10.3 Å². The van der Waals surface area contributed by atoms with E-state index in [0.717, 1.165) is 35.7 Å². The number of aromatic amines is 1. The molecule has 0 unspecified atom stereocenters. The van der Waals surface area contributed by atoms with Gasteiger partial charge >= 0.3 is 0 Å². The van der Waals surface area contributed by atoms with Crippen molar-refractivity contribution in [2.45, 2.75) is 31.1 Å². The van der Waals surface area contributed by atoms with E-state index in [4.69, 9.17) is 0 Å². The molecule has 1 aliphatic carbocycles. The molecule has 1 aromatic heterocycles. The molecule has 0 saturated heterocycles. The van der Waals surface area contributed by atoms with Gasteiger partial charge in [0, 0.05) is 35.5 Å². The van der Waals surface area contributed by atoms with Crippen LogP contribution in [0.1, 0.15) is 30.4 Å². The molecule has 2 N–H and O–H groups in total. The van der Waals surface area contributed by atoms with E-state index in [2.05, 4.69) is 10.3 Å². The fourth-order valence-corrected chi connectivity index (χ4v) is 3.48. The number of hydrogen-bond donors (Lipinski definition) is 2. The zero-order chi connectivity index (χ0) is 17.3. The molecular formula is C21H21FN2O. The Morgan fingerprint density at radius 3 is 2.72 bits per heavy atom. The molecule has 128 valence electrons. The second-order valence-corrected chi connectivity index (χ2v) is 6.93. The highest BCUT2D eigenvalue weighted by atomic mass is 19.1. The lowest BCUT2D eigenvalue weighted by Gasteiger charge is -2.16. The topological polar surface area (TPSA) is 44.9 Å². The normalized spacial score (nSPS) is 15.2. The van der Waals surface area contributed by atoms with Crippen LogP contribution in [0.3, 0.4) is 0 Å². The van der Waals surface area contributed by atoms with Crippen molar-refractivity contribution in [3.8, 4) is 0 Å². The van der Waals surface area contributed by atoms with Crippen molar-refractivity contribution < 1.29 is 9.18 Å². The van der Waals surface area contributed by atoms with Crippen molar-refractivity contribution in [2.24, 2.45) is 0 Å². The Hall–Kier alpha value is -2.62. The fourth-order valence-electron chi connectivity index (χ4n) is 3.48. The number of carbonyl (C=O) groups excluding carboxylic acids is 1. The third-order valence-electron chi connectivity index (χ3n) is 5.18. The molecule has 4 heteroatoms. The minimum Gasteiger partial charge on any atom is -0.361 e. The molecule has 1 fully saturated rings. The lowest BCUT2D eigenvalue weighted by atomic mass is 9.95. The standard InChI is InChI=1S/C21H21FN2O/c22-16-7-8-19-17(12-16)18(13-23-19)21(10-11-21)14-24-20(25)9-6-15-4-2-1-3-5-15/h1-5,7-8,12-13,23H,6,9-11,14H2,(H,24,25). The highest BCUT2D eigenvalue weighted by Gasteiger charge is 2.45. The summed E-state index contributed by atoms with van der Waals surface area (Å²) in [6, 6.07) is 14.8. The lowest BCUT2D eigenvalue weighted by molar-refractivity contribution is -0.121. The molecule has 2 aromatic carbocycles. The van der Waals surface area contributed by atoms with E-state index in [1.54, 1.807) is 12.1 Å². The summed E-state index contributed by atoms with van der Waals surface area (Å²) in [5.41, 5.74) is 3.18. The number of benzene rings is 2. The van der Waals surface area contributed by atoms with E-state index >= 15 is 0 Å². The van der Waals surface area contributed by atoms with Crippen LogP contribution < -0.4 is 5.32 Å². The molecule has 0 radical (unpaired) electrons. The van der Waals surface area contributed by atoms with Crippen LogP contribution in [0.2, 0.25) is 0 Å². The summed E-state index contributed by atoms with van der Waals surface area (Å²) in [5.74, 6) is -0.155. The van der Waals surface area contributed by atoms with Gasteiger partial charge in [-0.2, -0.15) is 0 Å². The predicted molar refractivity (Wildman–Crippen MR) is 96.9 cm³/mol. The van der Waals surface area contributed by atoms with Crippen LogP contribution >= 0.6 is 0 Å². The van der Waals surface area contributed by atoms with Crippen LogP contribution in [-0.4, -0.2) is 17.4 Å². The van der Waals surface area contributed by atoms with Gasteiger partial charge in [0.25, 0.3) is 0 Å². The summed E-state index contributed by atoms with van der Waals surface area (Å²) in [4.78, 5) is 15.4. The van der Waals surface area contributed by atoms with Gasteiger partial charge in [0.05, 0.1) is 0 Å². The quantitative estimate of drug-likeness (QED) is 0.700. The zero-order valence-electron chi connectivity index (χ0n) is 14.0. The van der Waals surface area contributed by atoms with Crippen molar-refractivity contribution in [3.63, 3.8) is 0 Å². The Morgan fingerprint density at radius 2 is 1.96 bits per heavy atom. The van der Waals surface area contributed by atoms with Crippen molar-refractivity contribution in [1.82, 2.24) is 10.3 Å². The predicted octanol–water partition coefficient (Wildman–Crippen LogP) is 4.09. The average molecular weight is 336 g/mol. The number of aryl methyl sites for hydroxylation is 1. The molecule has 1 aliphatic rings. The summed E-state index contributed by atoms with van der Waals surface area (Å²) in [6.45, 7) is 0.615. The first-order chi connectivity index (χ1) is 12.2. The van der Waals surface area contributed by atoms with Crippen molar-refractivity contribution >= 4 is 16.8 Å². The molecule has 0 atom stereocenters. The number of amides is 1. The van der Waals surface area contributed by atoms with Gasteiger partial charge in [0.15, 0.2) is 0 Å². The van der Waals surface area contributed by atoms with Gasteiger partial charge in [0.1, 0.15) is 5.82 Å². The van der Waals surface area contributed by atoms with E-state index in [1.165, 1.54) is 11.6 Å². The first-order valence-electron chi connectivity index (χ1n) is 8.74. The van der Waals surface area contributed by atoms with Gasteiger partial charge in [-0.3, -0.25) is 4.79 Å². The second kappa shape index (κ2) is 6.36. The first-order valence-corrected chi connectivity index (χ1v) is 8.74. The third kappa shape index (κ3) is 3.29. The Labute approximate surface area is 146 Å². The number of nitrogens with one attached hydrogen (secondary N) is 2. The maximum atomic E-state index is 13.6. The van der Waals surface area contributed by atoms with E-state index in [0.29, 0.717) is 13.0 Å². The van der Waals surface area contributed by atoms with Gasteiger partial charge in [0.2, 0.25) is 5.91 Å². The van der Waals surface area contributed by atoms with Gasteiger partial charge in [-0.1, -0.05) is 30.3 Å². The molecule has 0 aliphatic heterocycles. The number of aromatic nitrogens is 1. The molecule has 1 heterocycles. The Kier molecular flexibility index (Phi) is 4.04. The largest absolute Gasteiger partial charge is 0.361 e. The Bertz CT molecular complexity index is 897. The van der Waals surface area contributed by atoms with Crippen molar-refractivity contribution in [1.29, 1.82) is 0 Å². The number of rotatable bonds is 6. The number of hydrogen-bond acceptors (Lipinski definition) is 1.